The summed E-state index contributed by atoms with van der Waals surface area (Å²) in [4.78, 5) is 0. The molecule has 0 atom stereocenters. The van der Waals surface area contributed by atoms with Crippen molar-refractivity contribution in [1.29, 1.82) is 0 Å². The van der Waals surface area contributed by atoms with E-state index in [4.69, 9.17) is 9.47 Å². The number of ether oxygens (including phenoxy) is 2. The van der Waals surface area contributed by atoms with Crippen LogP contribution in [-0.4, -0.2) is 13.2 Å². The molecule has 0 heterocycles. The fourth-order valence-electron chi connectivity index (χ4n) is 1.10. The monoisotopic (exact) mass is 192 g/mol. The first-order chi connectivity index (χ1) is 6.86. The number of hydrogen-bond donors (Lipinski definition) is 0. The van der Waals surface area contributed by atoms with E-state index in [0.29, 0.717) is 13.2 Å². The van der Waals surface area contributed by atoms with Gasteiger partial charge in [0, 0.05) is 0 Å². The zero-order chi connectivity index (χ0) is 10.2. The van der Waals surface area contributed by atoms with Gasteiger partial charge in [0.1, 0.15) is 5.75 Å². The topological polar surface area (TPSA) is 18.5 Å². The average molecular weight is 192 g/mol. The third-order valence-corrected chi connectivity index (χ3v) is 1.69. The first-order valence-corrected chi connectivity index (χ1v) is 4.87. The molecule has 1 aromatic rings. The highest BCUT2D eigenvalue weighted by Crippen LogP contribution is 2.14. The van der Waals surface area contributed by atoms with Crippen LogP contribution in [-0.2, 0) is 4.74 Å². The molecular formula is C12H16O2. The van der Waals surface area contributed by atoms with Gasteiger partial charge in [-0.2, -0.15) is 0 Å². The van der Waals surface area contributed by atoms with E-state index < -0.39 is 0 Å². The van der Waals surface area contributed by atoms with Gasteiger partial charge in [0.25, 0.3) is 0 Å². The van der Waals surface area contributed by atoms with Crippen molar-refractivity contribution in [2.24, 2.45) is 0 Å². The summed E-state index contributed by atoms with van der Waals surface area (Å²) in [5.74, 6) is 0.895. The van der Waals surface area contributed by atoms with Gasteiger partial charge in [0.15, 0.2) is 0 Å². The summed E-state index contributed by atoms with van der Waals surface area (Å²) in [6, 6.07) is 7.91. The van der Waals surface area contributed by atoms with Crippen molar-refractivity contribution < 1.29 is 9.47 Å². The van der Waals surface area contributed by atoms with Crippen LogP contribution in [0.4, 0.5) is 0 Å². The van der Waals surface area contributed by atoms with Crippen LogP contribution in [0.3, 0.4) is 0 Å². The van der Waals surface area contributed by atoms with Crippen LogP contribution in [0, 0.1) is 0 Å². The van der Waals surface area contributed by atoms with Gasteiger partial charge in [-0.3, -0.25) is 0 Å². The summed E-state index contributed by atoms with van der Waals surface area (Å²) in [5, 5.41) is 0. The fourth-order valence-corrected chi connectivity index (χ4v) is 1.10. The largest absolute Gasteiger partial charge is 0.501 e. The summed E-state index contributed by atoms with van der Waals surface area (Å²) in [7, 11) is 0. The maximum atomic E-state index is 5.38. The first-order valence-electron chi connectivity index (χ1n) is 4.87. The molecule has 0 unspecified atom stereocenters. The molecule has 0 spiro atoms. The lowest BCUT2D eigenvalue weighted by molar-refractivity contribution is 0.272. The molecule has 76 valence electrons. The number of rotatable bonds is 5. The molecule has 0 amide bonds. The molecule has 0 aliphatic carbocycles. The second-order valence-corrected chi connectivity index (χ2v) is 2.76. The third-order valence-electron chi connectivity index (χ3n) is 1.69. The Bertz CT molecular complexity index is 292. The molecule has 2 heteroatoms. The number of hydrogen-bond acceptors (Lipinski definition) is 2. The van der Waals surface area contributed by atoms with Gasteiger partial charge in [0.05, 0.1) is 19.5 Å². The second-order valence-electron chi connectivity index (χ2n) is 2.76. The molecule has 1 aromatic carbocycles. The first kappa shape index (κ1) is 10.6. The predicted octanol–water partition coefficient (Wildman–Crippen LogP) is 3.09. The van der Waals surface area contributed by atoms with E-state index in [0.717, 1.165) is 11.3 Å². The Kier molecular flexibility index (Phi) is 4.62. The minimum Gasteiger partial charge on any atom is -0.501 e. The van der Waals surface area contributed by atoms with E-state index in [-0.39, 0.29) is 0 Å². The van der Waals surface area contributed by atoms with Gasteiger partial charge in [-0.1, -0.05) is 12.1 Å². The van der Waals surface area contributed by atoms with Crippen LogP contribution >= 0.6 is 0 Å². The van der Waals surface area contributed by atoms with Crippen molar-refractivity contribution in [2.45, 2.75) is 13.8 Å². The molecule has 0 aliphatic rings. The normalized spacial score (nSPS) is 10.4. The molecule has 0 aliphatic heterocycles. The van der Waals surface area contributed by atoms with Gasteiger partial charge >= 0.3 is 0 Å². The van der Waals surface area contributed by atoms with Gasteiger partial charge in [0.2, 0.25) is 0 Å². The molecule has 0 fully saturated rings. The van der Waals surface area contributed by atoms with E-state index in [1.54, 1.807) is 6.26 Å². The maximum absolute atomic E-state index is 5.38. The lowest BCUT2D eigenvalue weighted by Gasteiger charge is -2.02. The van der Waals surface area contributed by atoms with Crippen LogP contribution in [0.2, 0.25) is 0 Å². The highest BCUT2D eigenvalue weighted by molar-refractivity contribution is 5.50. The van der Waals surface area contributed by atoms with Gasteiger partial charge in [-0.05, 0) is 37.6 Å². The lowest BCUT2D eigenvalue weighted by Crippen LogP contribution is -1.90. The highest BCUT2D eigenvalue weighted by Gasteiger charge is 1.92. The molecule has 0 saturated carbocycles. The Morgan fingerprint density at radius 1 is 1.21 bits per heavy atom. The molecule has 0 N–H and O–H groups in total. The molecule has 0 bridgehead atoms. The van der Waals surface area contributed by atoms with Crippen LogP contribution in [0.25, 0.3) is 6.08 Å². The van der Waals surface area contributed by atoms with E-state index in [2.05, 4.69) is 0 Å². The van der Waals surface area contributed by atoms with Crippen molar-refractivity contribution in [3.63, 3.8) is 0 Å². The molecular weight excluding hydrogens is 176 g/mol. The van der Waals surface area contributed by atoms with Crippen LogP contribution in [0.5, 0.6) is 5.75 Å². The van der Waals surface area contributed by atoms with Gasteiger partial charge < -0.3 is 9.47 Å². The van der Waals surface area contributed by atoms with Crippen molar-refractivity contribution in [2.75, 3.05) is 13.2 Å². The van der Waals surface area contributed by atoms with E-state index in [1.807, 2.05) is 44.2 Å². The quantitative estimate of drug-likeness (QED) is 0.667. The maximum Gasteiger partial charge on any atom is 0.119 e. The Balaban J connectivity index is 2.63. The standard InChI is InChI=1S/C12H16O2/c1-3-13-9-8-11-6-5-7-12(10-11)14-4-2/h5-10H,3-4H2,1-2H3. The average Bonchev–Trinajstić information content (AvgIpc) is 2.19. The number of benzene rings is 1. The van der Waals surface area contributed by atoms with E-state index >= 15 is 0 Å². The zero-order valence-corrected chi connectivity index (χ0v) is 8.69. The van der Waals surface area contributed by atoms with Crippen LogP contribution in [0.1, 0.15) is 19.4 Å². The smallest absolute Gasteiger partial charge is 0.119 e. The molecule has 0 radical (unpaired) electrons. The molecule has 14 heavy (non-hydrogen) atoms. The minimum absolute atomic E-state index is 0.693. The summed E-state index contributed by atoms with van der Waals surface area (Å²) in [5.41, 5.74) is 1.09. The van der Waals surface area contributed by atoms with E-state index in [9.17, 15) is 0 Å². The Morgan fingerprint density at radius 3 is 2.79 bits per heavy atom. The van der Waals surface area contributed by atoms with Crippen molar-refractivity contribution in [1.82, 2.24) is 0 Å². The molecule has 0 saturated heterocycles. The second kappa shape index (κ2) is 6.08. The molecule has 1 rings (SSSR count). The van der Waals surface area contributed by atoms with Gasteiger partial charge in [-0.25, -0.2) is 0 Å². The van der Waals surface area contributed by atoms with Crippen LogP contribution in [0.15, 0.2) is 30.5 Å². The summed E-state index contributed by atoms with van der Waals surface area (Å²) < 4.78 is 10.5. The summed E-state index contributed by atoms with van der Waals surface area (Å²) in [6.45, 7) is 5.32. The van der Waals surface area contributed by atoms with Crippen molar-refractivity contribution >= 4 is 6.08 Å². The van der Waals surface area contributed by atoms with Crippen molar-refractivity contribution in [3.8, 4) is 5.75 Å². The van der Waals surface area contributed by atoms with Gasteiger partial charge in [-0.15, -0.1) is 0 Å². The third kappa shape index (κ3) is 3.52. The van der Waals surface area contributed by atoms with E-state index in [1.165, 1.54) is 0 Å². The molecule has 0 aromatic heterocycles. The highest BCUT2D eigenvalue weighted by atomic mass is 16.5. The fraction of sp³-hybridized carbons (Fsp3) is 0.333. The van der Waals surface area contributed by atoms with Crippen molar-refractivity contribution in [3.05, 3.63) is 36.1 Å². The SMILES string of the molecule is CCOC=Cc1cccc(OCC)c1. The summed E-state index contributed by atoms with van der Waals surface area (Å²) in [6.07, 6.45) is 3.62. The zero-order valence-electron chi connectivity index (χ0n) is 8.69. The Hall–Kier alpha value is -1.44. The molecule has 2 nitrogen and oxygen atoms in total. The Morgan fingerprint density at radius 2 is 2.07 bits per heavy atom. The Labute approximate surface area is 85.2 Å². The minimum atomic E-state index is 0.693. The summed E-state index contributed by atoms with van der Waals surface area (Å²) >= 11 is 0. The lowest BCUT2D eigenvalue weighted by atomic mass is 10.2. The van der Waals surface area contributed by atoms with Crippen LogP contribution < -0.4 is 4.74 Å². The predicted molar refractivity (Wildman–Crippen MR) is 58.3 cm³/mol.